The van der Waals surface area contributed by atoms with Gasteiger partial charge in [0.15, 0.2) is 0 Å². The molecule has 0 radical (unpaired) electrons. The highest BCUT2D eigenvalue weighted by atomic mass is 16.5. The summed E-state index contributed by atoms with van der Waals surface area (Å²) >= 11 is 0. The Hall–Kier alpha value is -2.67. The maximum absolute atomic E-state index is 12.7. The smallest absolute Gasteiger partial charge is 0.253 e. The zero-order valence-electron chi connectivity index (χ0n) is 14.6. The summed E-state index contributed by atoms with van der Waals surface area (Å²) in [5.74, 6) is 0.0730. The minimum absolute atomic E-state index is 0.00498. The molecule has 3 heterocycles. The minimum atomic E-state index is -0.285. The van der Waals surface area contributed by atoms with E-state index in [1.165, 1.54) is 0 Å². The van der Waals surface area contributed by atoms with Crippen molar-refractivity contribution >= 4 is 11.8 Å². The number of carbonyl (C=O) groups is 2. The van der Waals surface area contributed by atoms with Gasteiger partial charge in [0, 0.05) is 44.5 Å². The second kappa shape index (κ2) is 7.29. The highest BCUT2D eigenvalue weighted by Gasteiger charge is 2.31. The molecule has 2 saturated heterocycles. The number of piperazine rings is 1. The van der Waals surface area contributed by atoms with E-state index in [0.717, 1.165) is 24.1 Å². The molecule has 0 bridgehead atoms. The van der Waals surface area contributed by atoms with Gasteiger partial charge in [-0.05, 0) is 36.6 Å². The summed E-state index contributed by atoms with van der Waals surface area (Å²) in [6, 6.07) is 9.39. The molecule has 2 fully saturated rings. The van der Waals surface area contributed by atoms with E-state index in [-0.39, 0.29) is 17.9 Å². The lowest BCUT2D eigenvalue weighted by atomic mass is 10.1. The van der Waals surface area contributed by atoms with E-state index in [9.17, 15) is 9.59 Å². The topological polar surface area (TPSA) is 78.5 Å². The number of nitrogens with zero attached hydrogens (tertiary/aromatic N) is 3. The van der Waals surface area contributed by atoms with Crippen molar-refractivity contribution in [2.75, 3.05) is 32.8 Å². The fourth-order valence-electron chi connectivity index (χ4n) is 3.50. The van der Waals surface area contributed by atoms with E-state index in [0.29, 0.717) is 38.3 Å². The molecule has 0 saturated carbocycles. The van der Waals surface area contributed by atoms with E-state index < -0.39 is 0 Å². The van der Waals surface area contributed by atoms with E-state index in [4.69, 9.17) is 4.74 Å². The third-order valence-corrected chi connectivity index (χ3v) is 5.03. The molecule has 1 N–H and O–H groups in total. The van der Waals surface area contributed by atoms with E-state index in [1.807, 2.05) is 40.1 Å². The molecule has 7 heteroatoms. The van der Waals surface area contributed by atoms with Crippen LogP contribution >= 0.6 is 0 Å². The van der Waals surface area contributed by atoms with Crippen molar-refractivity contribution in [3.05, 3.63) is 42.1 Å². The van der Waals surface area contributed by atoms with Gasteiger partial charge in [-0.2, -0.15) is 5.10 Å². The average Bonchev–Trinajstić information content (AvgIpc) is 3.41. The van der Waals surface area contributed by atoms with Crippen molar-refractivity contribution in [3.8, 4) is 11.3 Å². The molecule has 2 aliphatic heterocycles. The number of amides is 2. The first-order valence-corrected chi connectivity index (χ1v) is 9.02. The molecular weight excluding hydrogens is 332 g/mol. The summed E-state index contributed by atoms with van der Waals surface area (Å²) in [4.78, 5) is 28.7. The predicted molar refractivity (Wildman–Crippen MR) is 95.5 cm³/mol. The van der Waals surface area contributed by atoms with Gasteiger partial charge >= 0.3 is 0 Å². The molecular formula is C19H22N4O3. The van der Waals surface area contributed by atoms with Crippen LogP contribution in [0.15, 0.2) is 36.5 Å². The number of aromatic nitrogens is 2. The Bertz CT molecular complexity index is 759. The van der Waals surface area contributed by atoms with Crippen molar-refractivity contribution < 1.29 is 14.3 Å². The van der Waals surface area contributed by atoms with Crippen LogP contribution in [0.2, 0.25) is 0 Å². The number of carbonyl (C=O) groups excluding carboxylic acids is 2. The van der Waals surface area contributed by atoms with E-state index in [2.05, 4.69) is 10.2 Å². The van der Waals surface area contributed by atoms with Crippen molar-refractivity contribution in [3.63, 3.8) is 0 Å². The van der Waals surface area contributed by atoms with Gasteiger partial charge in [0.25, 0.3) is 11.8 Å². The first kappa shape index (κ1) is 16.8. The van der Waals surface area contributed by atoms with Crippen LogP contribution in [-0.2, 0) is 9.53 Å². The van der Waals surface area contributed by atoms with Crippen LogP contribution in [-0.4, -0.2) is 70.7 Å². The summed E-state index contributed by atoms with van der Waals surface area (Å²) in [6.07, 6.45) is 3.17. The summed E-state index contributed by atoms with van der Waals surface area (Å²) in [6.45, 7) is 2.91. The number of benzene rings is 1. The third-order valence-electron chi connectivity index (χ3n) is 5.03. The van der Waals surface area contributed by atoms with Crippen molar-refractivity contribution in [1.29, 1.82) is 0 Å². The van der Waals surface area contributed by atoms with Crippen molar-refractivity contribution in [1.82, 2.24) is 20.0 Å². The highest BCUT2D eigenvalue weighted by Crippen LogP contribution is 2.19. The van der Waals surface area contributed by atoms with Gasteiger partial charge in [-0.15, -0.1) is 0 Å². The van der Waals surface area contributed by atoms with Gasteiger partial charge in [0.2, 0.25) is 0 Å². The minimum Gasteiger partial charge on any atom is -0.368 e. The number of nitrogens with one attached hydrogen (secondary N) is 1. The normalized spacial score (nSPS) is 20.4. The number of hydrogen-bond donors (Lipinski definition) is 1. The molecule has 4 rings (SSSR count). The number of rotatable bonds is 3. The van der Waals surface area contributed by atoms with Crippen LogP contribution in [0, 0.1) is 0 Å². The number of aromatic amines is 1. The molecule has 26 heavy (non-hydrogen) atoms. The van der Waals surface area contributed by atoms with Crippen LogP contribution in [0.1, 0.15) is 23.2 Å². The fourth-order valence-corrected chi connectivity index (χ4v) is 3.50. The number of ether oxygens (including phenoxy) is 1. The molecule has 0 spiro atoms. The molecule has 0 unspecified atom stereocenters. The molecule has 2 aromatic rings. The van der Waals surface area contributed by atoms with Gasteiger partial charge in [-0.25, -0.2) is 0 Å². The predicted octanol–water partition coefficient (Wildman–Crippen LogP) is 1.54. The van der Waals surface area contributed by atoms with Crippen LogP contribution in [0.5, 0.6) is 0 Å². The van der Waals surface area contributed by atoms with Gasteiger partial charge < -0.3 is 14.5 Å². The molecule has 1 aromatic carbocycles. The Morgan fingerprint density at radius 1 is 1.04 bits per heavy atom. The highest BCUT2D eigenvalue weighted by molar-refractivity contribution is 5.95. The van der Waals surface area contributed by atoms with Crippen LogP contribution < -0.4 is 0 Å². The molecule has 7 nitrogen and oxygen atoms in total. The quantitative estimate of drug-likeness (QED) is 0.907. The molecule has 136 valence electrons. The Labute approximate surface area is 151 Å². The van der Waals surface area contributed by atoms with Crippen LogP contribution in [0.25, 0.3) is 11.3 Å². The van der Waals surface area contributed by atoms with Gasteiger partial charge in [0.05, 0.1) is 5.69 Å². The lowest BCUT2D eigenvalue weighted by Gasteiger charge is -2.35. The number of H-pyrrole nitrogens is 1. The Balaban J connectivity index is 1.35. The monoisotopic (exact) mass is 354 g/mol. The SMILES string of the molecule is O=C(c1ccc(-c2ccn[nH]2)cc1)N1CCN(C(=O)[C@@H]2CCCO2)CC1. The Kier molecular flexibility index (Phi) is 4.71. The average molecular weight is 354 g/mol. The summed E-state index contributed by atoms with van der Waals surface area (Å²) in [7, 11) is 0. The fraction of sp³-hybridized carbons (Fsp3) is 0.421. The van der Waals surface area contributed by atoms with Gasteiger partial charge in [-0.1, -0.05) is 12.1 Å². The second-order valence-corrected chi connectivity index (χ2v) is 6.67. The lowest BCUT2D eigenvalue weighted by molar-refractivity contribution is -0.142. The largest absolute Gasteiger partial charge is 0.368 e. The van der Waals surface area contributed by atoms with Crippen molar-refractivity contribution in [2.24, 2.45) is 0 Å². The van der Waals surface area contributed by atoms with Gasteiger partial charge in [0.1, 0.15) is 6.10 Å². The van der Waals surface area contributed by atoms with E-state index in [1.54, 1.807) is 6.20 Å². The zero-order valence-corrected chi connectivity index (χ0v) is 14.6. The molecule has 2 aliphatic rings. The second-order valence-electron chi connectivity index (χ2n) is 6.67. The van der Waals surface area contributed by atoms with Crippen LogP contribution in [0.4, 0.5) is 0 Å². The summed E-state index contributed by atoms with van der Waals surface area (Å²) < 4.78 is 5.47. The maximum atomic E-state index is 12.7. The summed E-state index contributed by atoms with van der Waals surface area (Å²) in [5, 5.41) is 6.85. The van der Waals surface area contributed by atoms with E-state index >= 15 is 0 Å². The van der Waals surface area contributed by atoms with Gasteiger partial charge in [-0.3, -0.25) is 14.7 Å². The standard InChI is InChI=1S/C19H22N4O3/c24-18(15-5-3-14(4-6-15)16-7-8-20-21-16)22-9-11-23(12-10-22)19(25)17-2-1-13-26-17/h3-8,17H,1-2,9-13H2,(H,20,21)/t17-/m0/s1. The maximum Gasteiger partial charge on any atom is 0.253 e. The first-order valence-electron chi connectivity index (χ1n) is 9.02. The number of hydrogen-bond acceptors (Lipinski definition) is 4. The molecule has 1 aromatic heterocycles. The Morgan fingerprint density at radius 3 is 2.38 bits per heavy atom. The first-order chi connectivity index (χ1) is 12.7. The molecule has 1 atom stereocenters. The molecule has 0 aliphatic carbocycles. The third kappa shape index (κ3) is 3.35. The summed E-state index contributed by atoms with van der Waals surface area (Å²) in [5.41, 5.74) is 2.57. The van der Waals surface area contributed by atoms with Crippen molar-refractivity contribution in [2.45, 2.75) is 18.9 Å². The lowest BCUT2D eigenvalue weighted by Crippen LogP contribution is -2.52. The van der Waals surface area contributed by atoms with Crippen LogP contribution in [0.3, 0.4) is 0 Å². The Morgan fingerprint density at radius 2 is 1.77 bits per heavy atom. The molecule has 2 amide bonds. The zero-order chi connectivity index (χ0) is 17.9.